The fourth-order valence-corrected chi connectivity index (χ4v) is 2.80. The van der Waals surface area contributed by atoms with E-state index in [0.717, 1.165) is 11.5 Å². The van der Waals surface area contributed by atoms with E-state index in [1.165, 1.54) is 31.4 Å². The van der Waals surface area contributed by atoms with Crippen LogP contribution in [-0.4, -0.2) is 18.5 Å². The predicted octanol–water partition coefficient (Wildman–Crippen LogP) is 3.36. The molecule has 1 aromatic carbocycles. The molecule has 0 unspecified atom stereocenters. The number of rotatable bonds is 5. The van der Waals surface area contributed by atoms with Gasteiger partial charge in [0.15, 0.2) is 0 Å². The lowest BCUT2D eigenvalue weighted by Crippen LogP contribution is -2.25. The molecule has 2 rings (SSSR count). The molecule has 2 N–H and O–H groups in total. The molecule has 0 radical (unpaired) electrons. The number of amides is 1. The minimum Gasteiger partial charge on any atom is -0.382 e. The molecule has 1 aromatic rings. The highest BCUT2D eigenvalue weighted by atomic mass is 16.1. The van der Waals surface area contributed by atoms with Crippen LogP contribution in [0.15, 0.2) is 24.3 Å². The maximum absolute atomic E-state index is 11.5. The van der Waals surface area contributed by atoms with Gasteiger partial charge in [-0.25, -0.2) is 0 Å². The average Bonchev–Trinajstić information content (AvgIpc) is 2.44. The molecule has 0 spiro atoms. The molecule has 1 fully saturated rings. The lowest BCUT2D eigenvalue weighted by Gasteiger charge is -2.27. The lowest BCUT2D eigenvalue weighted by molar-refractivity contribution is -0.120. The fraction of sp³-hybridized carbons (Fsp3) is 0.588. The van der Waals surface area contributed by atoms with Crippen LogP contribution in [0.4, 0.5) is 5.69 Å². The molecule has 0 aliphatic heterocycles. The van der Waals surface area contributed by atoms with Gasteiger partial charge in [0, 0.05) is 18.3 Å². The number of carbonyl (C=O) groups excluding carboxylic acids is 1. The number of hydrogen-bond acceptors (Lipinski definition) is 2. The number of hydrogen-bond donors (Lipinski definition) is 2. The van der Waals surface area contributed by atoms with Crippen molar-refractivity contribution >= 4 is 11.6 Å². The molecule has 1 amide bonds. The molecule has 0 heterocycles. The van der Waals surface area contributed by atoms with Gasteiger partial charge >= 0.3 is 0 Å². The average molecular weight is 274 g/mol. The Hall–Kier alpha value is -1.51. The second-order valence-electron chi connectivity index (χ2n) is 5.93. The summed E-state index contributed by atoms with van der Waals surface area (Å²) >= 11 is 0. The van der Waals surface area contributed by atoms with Gasteiger partial charge in [-0.3, -0.25) is 4.79 Å². The van der Waals surface area contributed by atoms with Crippen LogP contribution in [0, 0.1) is 5.92 Å². The summed E-state index contributed by atoms with van der Waals surface area (Å²) < 4.78 is 0. The zero-order valence-electron chi connectivity index (χ0n) is 12.6. The molecule has 1 aliphatic carbocycles. The third kappa shape index (κ3) is 4.55. The highest BCUT2D eigenvalue weighted by Gasteiger charge is 2.17. The molecule has 0 atom stereocenters. The van der Waals surface area contributed by atoms with Crippen molar-refractivity contribution in [3.63, 3.8) is 0 Å². The Kier molecular flexibility index (Phi) is 5.45. The number of carbonyl (C=O) groups is 1. The zero-order chi connectivity index (χ0) is 14.4. The van der Waals surface area contributed by atoms with Gasteiger partial charge in [-0.05, 0) is 56.2 Å². The maximum Gasteiger partial charge on any atom is 0.224 e. The van der Waals surface area contributed by atoms with E-state index in [0.29, 0.717) is 19.0 Å². The smallest absolute Gasteiger partial charge is 0.224 e. The van der Waals surface area contributed by atoms with Crippen molar-refractivity contribution < 1.29 is 4.79 Å². The first-order chi connectivity index (χ1) is 9.67. The van der Waals surface area contributed by atoms with Crippen molar-refractivity contribution in [1.82, 2.24) is 5.32 Å². The first-order valence-corrected chi connectivity index (χ1v) is 7.79. The van der Waals surface area contributed by atoms with E-state index < -0.39 is 0 Å². The molecular formula is C17H26N2O. The number of anilines is 1. The highest BCUT2D eigenvalue weighted by Crippen LogP contribution is 2.26. The van der Waals surface area contributed by atoms with Gasteiger partial charge in [0.2, 0.25) is 5.91 Å². The van der Waals surface area contributed by atoms with E-state index in [4.69, 9.17) is 0 Å². The summed E-state index contributed by atoms with van der Waals surface area (Å²) in [7, 11) is 0. The van der Waals surface area contributed by atoms with E-state index >= 15 is 0 Å². The predicted molar refractivity (Wildman–Crippen MR) is 83.9 cm³/mol. The van der Waals surface area contributed by atoms with Gasteiger partial charge in [0.25, 0.3) is 0 Å². The van der Waals surface area contributed by atoms with Crippen LogP contribution >= 0.6 is 0 Å². The van der Waals surface area contributed by atoms with E-state index in [1.807, 2.05) is 19.1 Å². The van der Waals surface area contributed by atoms with Crippen molar-refractivity contribution in [3.05, 3.63) is 29.8 Å². The zero-order valence-corrected chi connectivity index (χ0v) is 12.6. The molecule has 0 saturated heterocycles. The molecule has 1 aliphatic rings. The summed E-state index contributed by atoms with van der Waals surface area (Å²) in [6, 6.07) is 8.88. The van der Waals surface area contributed by atoms with Crippen LogP contribution < -0.4 is 10.6 Å². The molecule has 1 saturated carbocycles. The summed E-state index contributed by atoms with van der Waals surface area (Å²) in [6.07, 6.45) is 5.65. The van der Waals surface area contributed by atoms with E-state index in [1.54, 1.807) is 0 Å². The summed E-state index contributed by atoms with van der Waals surface area (Å²) in [4.78, 5) is 11.5. The minimum absolute atomic E-state index is 0.0921. The lowest BCUT2D eigenvalue weighted by atomic mass is 9.87. The van der Waals surface area contributed by atoms with Crippen molar-refractivity contribution in [3.8, 4) is 0 Å². The van der Waals surface area contributed by atoms with Gasteiger partial charge in [-0.15, -0.1) is 0 Å². The molecule has 3 heteroatoms. The second kappa shape index (κ2) is 7.32. The first-order valence-electron chi connectivity index (χ1n) is 7.79. The van der Waals surface area contributed by atoms with Gasteiger partial charge in [0.1, 0.15) is 0 Å². The molecule has 3 nitrogen and oxygen atoms in total. The van der Waals surface area contributed by atoms with Crippen LogP contribution in [0.2, 0.25) is 0 Å². The number of nitrogens with one attached hydrogen (secondary N) is 2. The Morgan fingerprint density at radius 3 is 2.40 bits per heavy atom. The Morgan fingerprint density at radius 1 is 1.15 bits per heavy atom. The highest BCUT2D eigenvalue weighted by molar-refractivity contribution is 5.78. The fourth-order valence-electron chi connectivity index (χ4n) is 2.80. The van der Waals surface area contributed by atoms with Crippen LogP contribution in [0.1, 0.15) is 45.1 Å². The normalized spacial score (nSPS) is 22.3. The standard InChI is InChI=1S/C17H26N2O/c1-3-18-17(20)12-14-6-10-16(11-7-14)19-15-8-4-13(2)5-9-15/h6-7,10-11,13,15,19H,3-5,8-9,12H2,1-2H3,(H,18,20). The summed E-state index contributed by atoms with van der Waals surface area (Å²) in [5, 5.41) is 6.43. The quantitative estimate of drug-likeness (QED) is 0.864. The molecule has 20 heavy (non-hydrogen) atoms. The molecule has 0 aromatic heterocycles. The topological polar surface area (TPSA) is 41.1 Å². The van der Waals surface area contributed by atoms with Crippen LogP contribution in [0.25, 0.3) is 0 Å². The summed E-state index contributed by atoms with van der Waals surface area (Å²) in [6.45, 7) is 4.97. The van der Waals surface area contributed by atoms with E-state index in [2.05, 4.69) is 29.7 Å². The van der Waals surface area contributed by atoms with Crippen molar-refractivity contribution in [1.29, 1.82) is 0 Å². The van der Waals surface area contributed by atoms with Gasteiger partial charge < -0.3 is 10.6 Å². The number of benzene rings is 1. The Labute approximate surface area is 122 Å². The van der Waals surface area contributed by atoms with Crippen LogP contribution in [0.3, 0.4) is 0 Å². The molecule has 110 valence electrons. The second-order valence-corrected chi connectivity index (χ2v) is 5.93. The Morgan fingerprint density at radius 2 is 1.80 bits per heavy atom. The van der Waals surface area contributed by atoms with Crippen LogP contribution in [-0.2, 0) is 11.2 Å². The molecule has 0 bridgehead atoms. The van der Waals surface area contributed by atoms with E-state index in [-0.39, 0.29) is 5.91 Å². The number of likely N-dealkylation sites (N-methyl/N-ethyl adjacent to an activating group) is 1. The first kappa shape index (κ1) is 14.9. The monoisotopic (exact) mass is 274 g/mol. The van der Waals surface area contributed by atoms with Crippen molar-refractivity contribution in [2.45, 2.75) is 52.0 Å². The summed E-state index contributed by atoms with van der Waals surface area (Å²) in [5.41, 5.74) is 2.24. The largest absolute Gasteiger partial charge is 0.382 e. The Bertz CT molecular complexity index is 419. The van der Waals surface area contributed by atoms with Crippen LogP contribution in [0.5, 0.6) is 0 Å². The van der Waals surface area contributed by atoms with Gasteiger partial charge in [-0.2, -0.15) is 0 Å². The van der Waals surface area contributed by atoms with E-state index in [9.17, 15) is 4.79 Å². The minimum atomic E-state index is 0.0921. The SMILES string of the molecule is CCNC(=O)Cc1ccc(NC2CCC(C)CC2)cc1. The molecular weight excluding hydrogens is 248 g/mol. The van der Waals surface area contributed by atoms with Gasteiger partial charge in [0.05, 0.1) is 6.42 Å². The third-order valence-corrected chi connectivity index (χ3v) is 4.08. The van der Waals surface area contributed by atoms with Crippen molar-refractivity contribution in [2.75, 3.05) is 11.9 Å². The third-order valence-electron chi connectivity index (χ3n) is 4.08. The van der Waals surface area contributed by atoms with Crippen molar-refractivity contribution in [2.24, 2.45) is 5.92 Å². The Balaban J connectivity index is 1.83. The van der Waals surface area contributed by atoms with Gasteiger partial charge in [-0.1, -0.05) is 19.1 Å². The maximum atomic E-state index is 11.5. The summed E-state index contributed by atoms with van der Waals surface area (Å²) in [5.74, 6) is 0.974.